The van der Waals surface area contributed by atoms with Gasteiger partial charge in [0.15, 0.2) is 19.8 Å². The Morgan fingerprint density at radius 3 is 0.781 bits per heavy atom. The molecule has 374 valence electrons. The summed E-state index contributed by atoms with van der Waals surface area (Å²) in [5.41, 5.74) is -18.6. The molecule has 64 heavy (non-hydrogen) atoms. The molecule has 4 unspecified atom stereocenters. The van der Waals surface area contributed by atoms with Gasteiger partial charge in [-0.15, -0.1) is 0 Å². The Morgan fingerprint density at radius 2 is 0.594 bits per heavy atom. The third-order valence-corrected chi connectivity index (χ3v) is 6.78. The maximum Gasteiger partial charge on any atom is 0.452 e. The van der Waals surface area contributed by atoms with E-state index >= 15 is 35.1 Å². The van der Waals surface area contributed by atoms with Gasteiger partial charge < -0.3 is 14.2 Å². The summed E-state index contributed by atoms with van der Waals surface area (Å²) < 4.78 is 417. The van der Waals surface area contributed by atoms with Gasteiger partial charge in [-0.1, -0.05) is 19.7 Å². The highest BCUT2D eigenvalue weighted by atomic mass is 19.4. The van der Waals surface area contributed by atoms with E-state index in [-0.39, 0.29) is 0 Å². The number of esters is 3. The van der Waals surface area contributed by atoms with Crippen molar-refractivity contribution in [2.24, 2.45) is 5.41 Å². The van der Waals surface area contributed by atoms with Gasteiger partial charge >= 0.3 is 96.3 Å². The lowest BCUT2D eigenvalue weighted by Crippen LogP contribution is -2.74. The molecule has 0 amide bonds. The molecule has 0 aromatic carbocycles. The number of alkyl halides is 29. The quantitative estimate of drug-likeness (QED) is 0.0575. The van der Waals surface area contributed by atoms with Crippen molar-refractivity contribution in [1.82, 2.24) is 0 Å². The van der Waals surface area contributed by atoms with Crippen LogP contribution >= 0.6 is 0 Å². The van der Waals surface area contributed by atoms with Crippen LogP contribution in [0.25, 0.3) is 0 Å². The minimum absolute atomic E-state index is 1.73. The topological polar surface area (TPSA) is 107 Å². The number of rotatable bonds is 18. The summed E-state index contributed by atoms with van der Waals surface area (Å²) in [4.78, 5) is 34.0. The fourth-order valence-electron chi connectivity index (χ4n) is 3.32. The lowest BCUT2D eigenvalue weighted by molar-refractivity contribution is -0.562. The summed E-state index contributed by atoms with van der Waals surface area (Å²) in [6.45, 7) is -7.45. The molecule has 0 radical (unpaired) electrons. The van der Waals surface area contributed by atoms with Gasteiger partial charge in [0.05, 0.1) is 0 Å². The molecular formula is C26H13F29O9. The maximum absolute atomic E-state index is 15.6. The smallest absolute Gasteiger partial charge is 0.452 e. The molecule has 0 bridgehead atoms. The molecule has 9 nitrogen and oxygen atoms in total. The summed E-state index contributed by atoms with van der Waals surface area (Å²) in [6, 6.07) is 0. The van der Waals surface area contributed by atoms with Crippen LogP contribution in [-0.4, -0.2) is 117 Å². The van der Waals surface area contributed by atoms with Gasteiger partial charge in [0.2, 0.25) is 6.36 Å². The van der Waals surface area contributed by atoms with E-state index in [0.717, 1.165) is 0 Å². The van der Waals surface area contributed by atoms with Crippen molar-refractivity contribution in [3.05, 3.63) is 36.5 Å². The molecule has 0 aromatic heterocycles. The highest BCUT2D eigenvalue weighted by molar-refractivity contribution is 5.90. The zero-order valence-corrected chi connectivity index (χ0v) is 29.0. The van der Waals surface area contributed by atoms with Crippen LogP contribution in [-0.2, 0) is 42.8 Å². The van der Waals surface area contributed by atoms with Gasteiger partial charge in [0.1, 0.15) is 16.7 Å². The number of halogens is 29. The molecule has 0 aliphatic carbocycles. The van der Waals surface area contributed by atoms with E-state index in [1.807, 2.05) is 0 Å². The van der Waals surface area contributed by atoms with Crippen LogP contribution in [0, 0.1) is 5.41 Å². The average molecular weight is 1020 g/mol. The van der Waals surface area contributed by atoms with Gasteiger partial charge in [0.25, 0.3) is 0 Å². The second-order valence-electron chi connectivity index (χ2n) is 11.3. The zero-order chi connectivity index (χ0) is 51.9. The monoisotopic (exact) mass is 1020 g/mol. The van der Waals surface area contributed by atoms with Crippen molar-refractivity contribution in [1.29, 1.82) is 0 Å². The van der Waals surface area contributed by atoms with Crippen molar-refractivity contribution in [3.63, 3.8) is 0 Å². The molecule has 0 rings (SSSR count). The van der Waals surface area contributed by atoms with Crippen molar-refractivity contribution in [2.45, 2.75) is 79.4 Å². The van der Waals surface area contributed by atoms with Crippen molar-refractivity contribution >= 4 is 17.9 Å². The summed E-state index contributed by atoms with van der Waals surface area (Å²) in [5.74, 6) is -32.9. The fourth-order valence-corrected chi connectivity index (χ4v) is 3.32. The highest BCUT2D eigenvalue weighted by Crippen LogP contribution is 2.65. The van der Waals surface area contributed by atoms with Crippen LogP contribution in [0.1, 0.15) is 0 Å². The average Bonchev–Trinajstić information content (AvgIpc) is 3.03. The third kappa shape index (κ3) is 12.6. The third-order valence-electron chi connectivity index (χ3n) is 6.78. The zero-order valence-electron chi connectivity index (χ0n) is 29.0. The normalized spacial score (nSPS) is 18.3. The van der Waals surface area contributed by atoms with E-state index in [1.165, 1.54) is 0 Å². The molecule has 0 saturated heterocycles. The Hall–Kier alpha value is -4.52. The minimum atomic E-state index is -9.22. The second kappa shape index (κ2) is 18.0. The Balaban J connectivity index is 8.46. The van der Waals surface area contributed by atoms with E-state index in [4.69, 9.17) is 0 Å². The number of carbonyl (C=O) groups excluding carboxylic acids is 3. The Kier molecular flexibility index (Phi) is 16.8. The summed E-state index contributed by atoms with van der Waals surface area (Å²) in [7, 11) is 0. The van der Waals surface area contributed by atoms with E-state index in [1.54, 1.807) is 29.2 Å². The van der Waals surface area contributed by atoms with Crippen LogP contribution in [0.3, 0.4) is 0 Å². The van der Waals surface area contributed by atoms with Crippen molar-refractivity contribution in [3.8, 4) is 0 Å². The summed E-state index contributed by atoms with van der Waals surface area (Å²) in [5, 5.41) is 0. The van der Waals surface area contributed by atoms with Gasteiger partial charge in [0, 0.05) is 0 Å². The molecular weight excluding hydrogens is 1010 g/mol. The minimum Gasteiger partial charge on any atom is -0.456 e. The van der Waals surface area contributed by atoms with E-state index in [0.29, 0.717) is 0 Å². The molecule has 0 aromatic rings. The van der Waals surface area contributed by atoms with Crippen molar-refractivity contribution < 1.29 is 170 Å². The van der Waals surface area contributed by atoms with Gasteiger partial charge in [-0.2, -0.15) is 123 Å². The molecule has 0 aliphatic rings. The molecule has 0 aliphatic heterocycles. The predicted molar refractivity (Wildman–Crippen MR) is 135 cm³/mol. The first kappa shape index (κ1) is 59.5. The number of ether oxygens (including phenoxy) is 6. The van der Waals surface area contributed by atoms with Gasteiger partial charge in [-0.05, 0) is 0 Å². The largest absolute Gasteiger partial charge is 0.456 e. The first-order valence-corrected chi connectivity index (χ1v) is 14.3. The standard InChI is InChI=1S/C26H13F29O9/c1-7(18(31,32)33)10(56)59-4-14(28,21(40,41)42)62-13(27)17(24(49,50)51,25(52,53)63-15(29,22(43,44)45)5-60-11(57)8(2)19(34,35)36)26(54,55)64-16(30,23(46,47)48)6-61-12(58)9(3)20(37,38)39/h13H,1-6H2. The molecule has 38 heteroatoms. The lowest BCUT2D eigenvalue weighted by atomic mass is 9.82. The Morgan fingerprint density at radius 1 is 0.375 bits per heavy atom. The van der Waals surface area contributed by atoms with Crippen molar-refractivity contribution in [2.75, 3.05) is 19.8 Å². The van der Waals surface area contributed by atoms with Crippen LogP contribution in [0.15, 0.2) is 36.5 Å². The second-order valence-corrected chi connectivity index (χ2v) is 11.3. The van der Waals surface area contributed by atoms with Gasteiger partial charge in [-0.3, -0.25) is 14.2 Å². The fraction of sp³-hybridized carbons (Fsp3) is 0.654. The van der Waals surface area contributed by atoms with E-state index in [9.17, 15) is 107 Å². The molecule has 4 atom stereocenters. The molecule has 0 N–H and O–H groups in total. The first-order valence-electron chi connectivity index (χ1n) is 14.3. The van der Waals surface area contributed by atoms with Crippen LogP contribution in [0.5, 0.6) is 0 Å². The molecule has 0 saturated carbocycles. The predicted octanol–water partition coefficient (Wildman–Crippen LogP) is 9.74. The highest BCUT2D eigenvalue weighted by Gasteiger charge is 2.92. The summed E-state index contributed by atoms with van der Waals surface area (Å²) in [6.07, 6.45) is -77.1. The number of hydrogen-bond donors (Lipinski definition) is 0. The number of hydrogen-bond acceptors (Lipinski definition) is 9. The first-order chi connectivity index (χ1) is 27.7. The maximum atomic E-state index is 15.6. The number of carbonyl (C=O) groups is 3. The van der Waals surface area contributed by atoms with Crippen LogP contribution < -0.4 is 0 Å². The van der Waals surface area contributed by atoms with Crippen LogP contribution in [0.2, 0.25) is 0 Å². The Labute approximate surface area is 330 Å². The van der Waals surface area contributed by atoms with Gasteiger partial charge in [-0.25, -0.2) is 18.8 Å². The lowest BCUT2D eigenvalue weighted by Gasteiger charge is -2.48. The van der Waals surface area contributed by atoms with E-state index < -0.39 is 139 Å². The Bertz CT molecular complexity index is 1670. The molecule has 0 fully saturated rings. The SMILES string of the molecule is C=C(C(=O)OCC(F)(OC(F)C(C(F)(F)F)(C(F)(F)OC(F)(COC(=O)C(=C)C(F)(F)F)C(F)(F)F)C(F)(F)OC(F)(COC(=O)C(=C)C(F)(F)F)C(F)(F)F)C(F)(F)F)C(F)(F)F. The molecule has 0 spiro atoms. The summed E-state index contributed by atoms with van der Waals surface area (Å²) >= 11 is 0. The molecule has 0 heterocycles. The van der Waals surface area contributed by atoms with E-state index in [2.05, 4.69) is 18.9 Å². The van der Waals surface area contributed by atoms with Crippen LogP contribution in [0.4, 0.5) is 127 Å².